The molecule has 0 aliphatic carbocycles. The van der Waals surface area contributed by atoms with E-state index in [2.05, 4.69) is 66.8 Å². The maximum Gasteiger partial charge on any atom is 0.308 e. The van der Waals surface area contributed by atoms with Crippen molar-refractivity contribution in [2.75, 3.05) is 14.1 Å². The topological polar surface area (TPSA) is 38.3 Å². The van der Waals surface area contributed by atoms with Crippen LogP contribution in [-0.4, -0.2) is 24.8 Å². The Labute approximate surface area is 164 Å². The molecule has 0 bridgehead atoms. The Morgan fingerprint density at radius 1 is 1.12 bits per heavy atom. The fourth-order valence-corrected chi connectivity index (χ4v) is 4.59. The SMILES string of the molecule is CC(=O)Oc1c(C(C)(C)C)cc2c(c1C(C)(C)C)CC(C)(C)S2.CNC. The van der Waals surface area contributed by atoms with Gasteiger partial charge in [-0.05, 0) is 43.0 Å². The number of benzene rings is 1. The zero-order chi connectivity index (χ0) is 20.5. The molecule has 4 heteroatoms. The highest BCUT2D eigenvalue weighted by molar-refractivity contribution is 8.01. The van der Waals surface area contributed by atoms with E-state index in [1.807, 2.05) is 25.9 Å². The lowest BCUT2D eigenvalue weighted by Gasteiger charge is -2.31. The summed E-state index contributed by atoms with van der Waals surface area (Å²) in [6.07, 6.45) is 1.01. The average Bonchev–Trinajstić information content (AvgIpc) is 2.68. The molecular weight excluding hydrogens is 342 g/mol. The number of fused-ring (bicyclic) bond motifs is 1. The molecule has 1 aromatic rings. The number of hydrogen-bond acceptors (Lipinski definition) is 4. The van der Waals surface area contributed by atoms with Gasteiger partial charge in [0, 0.05) is 27.7 Å². The van der Waals surface area contributed by atoms with E-state index in [1.165, 1.54) is 22.9 Å². The number of hydrogen-bond donors (Lipinski definition) is 1. The van der Waals surface area contributed by atoms with Crippen molar-refractivity contribution >= 4 is 17.7 Å². The maximum atomic E-state index is 11.8. The molecule has 1 N–H and O–H groups in total. The van der Waals surface area contributed by atoms with Crippen LogP contribution in [0.15, 0.2) is 11.0 Å². The van der Waals surface area contributed by atoms with Gasteiger partial charge in [-0.3, -0.25) is 4.79 Å². The Kier molecular flexibility index (Phi) is 7.03. The molecule has 0 amide bonds. The molecule has 0 unspecified atom stereocenters. The standard InChI is InChI=1S/C20H30O2S.C2H7N/c1-12(21)22-17-14(18(2,3)4)10-15-13(11-20(8,9)23-15)16(17)19(5,6)7;1-3-2/h10H,11H2,1-9H3;3H,1-2H3. The molecule has 2 rings (SSSR count). The Morgan fingerprint density at radius 2 is 1.62 bits per heavy atom. The van der Waals surface area contributed by atoms with Crippen molar-refractivity contribution in [3.05, 3.63) is 22.8 Å². The fraction of sp³-hybridized carbons (Fsp3) is 0.682. The van der Waals surface area contributed by atoms with Gasteiger partial charge in [-0.2, -0.15) is 0 Å². The predicted molar refractivity (Wildman–Crippen MR) is 114 cm³/mol. The molecule has 0 spiro atoms. The minimum absolute atomic E-state index is 0.0723. The molecule has 0 aromatic heterocycles. The quantitative estimate of drug-likeness (QED) is 0.519. The Bertz CT molecular complexity index is 664. The van der Waals surface area contributed by atoms with Crippen molar-refractivity contribution in [2.24, 2.45) is 0 Å². The zero-order valence-electron chi connectivity index (χ0n) is 18.5. The van der Waals surface area contributed by atoms with E-state index in [9.17, 15) is 4.79 Å². The Balaban J connectivity index is 0.00000105. The number of rotatable bonds is 1. The van der Waals surface area contributed by atoms with Gasteiger partial charge in [0.15, 0.2) is 0 Å². The summed E-state index contributed by atoms with van der Waals surface area (Å²) >= 11 is 1.94. The minimum Gasteiger partial charge on any atom is -0.426 e. The van der Waals surface area contributed by atoms with Crippen LogP contribution in [-0.2, 0) is 22.0 Å². The monoisotopic (exact) mass is 379 g/mol. The second kappa shape index (κ2) is 7.93. The van der Waals surface area contributed by atoms with Gasteiger partial charge >= 0.3 is 5.97 Å². The molecule has 0 saturated carbocycles. The van der Waals surface area contributed by atoms with Crippen LogP contribution in [0.3, 0.4) is 0 Å². The first-order valence-corrected chi connectivity index (χ1v) is 10.1. The van der Waals surface area contributed by atoms with E-state index < -0.39 is 0 Å². The van der Waals surface area contributed by atoms with Crippen LogP contribution in [0.25, 0.3) is 0 Å². The molecular formula is C22H37NO2S. The van der Waals surface area contributed by atoms with Gasteiger partial charge in [-0.25, -0.2) is 0 Å². The molecule has 1 aliphatic heterocycles. The van der Waals surface area contributed by atoms with Gasteiger partial charge in [0.25, 0.3) is 0 Å². The minimum atomic E-state index is -0.245. The van der Waals surface area contributed by atoms with E-state index in [4.69, 9.17) is 4.74 Å². The summed E-state index contributed by atoms with van der Waals surface area (Å²) in [6, 6.07) is 2.25. The van der Waals surface area contributed by atoms with Crippen LogP contribution < -0.4 is 10.1 Å². The molecule has 0 saturated heterocycles. The third-order valence-corrected chi connectivity index (χ3v) is 5.42. The lowest BCUT2D eigenvalue weighted by molar-refractivity contribution is -0.132. The molecule has 0 radical (unpaired) electrons. The zero-order valence-corrected chi connectivity index (χ0v) is 19.3. The average molecular weight is 380 g/mol. The van der Waals surface area contributed by atoms with E-state index in [-0.39, 0.29) is 21.5 Å². The Hall–Kier alpha value is -1.00. The predicted octanol–water partition coefficient (Wildman–Crippen LogP) is 5.47. The van der Waals surface area contributed by atoms with Crippen LogP contribution in [0.2, 0.25) is 0 Å². The fourth-order valence-electron chi connectivity index (χ4n) is 3.30. The number of thioether (sulfide) groups is 1. The van der Waals surface area contributed by atoms with Crippen molar-refractivity contribution in [3.8, 4) is 5.75 Å². The summed E-state index contributed by atoms with van der Waals surface area (Å²) in [5.41, 5.74) is 3.54. The van der Waals surface area contributed by atoms with E-state index >= 15 is 0 Å². The van der Waals surface area contributed by atoms with Gasteiger partial charge in [0.05, 0.1) is 0 Å². The molecule has 148 valence electrons. The van der Waals surface area contributed by atoms with E-state index in [0.29, 0.717) is 0 Å². The first kappa shape index (κ1) is 23.0. The molecule has 0 atom stereocenters. The molecule has 1 aromatic carbocycles. The number of carbonyl (C=O) groups is 1. The highest BCUT2D eigenvalue weighted by atomic mass is 32.2. The lowest BCUT2D eigenvalue weighted by Crippen LogP contribution is -2.23. The third kappa shape index (κ3) is 5.50. The highest BCUT2D eigenvalue weighted by Gasteiger charge is 2.38. The van der Waals surface area contributed by atoms with Crippen LogP contribution >= 0.6 is 11.8 Å². The summed E-state index contributed by atoms with van der Waals surface area (Å²) in [4.78, 5) is 13.1. The largest absolute Gasteiger partial charge is 0.426 e. The van der Waals surface area contributed by atoms with Crippen molar-refractivity contribution in [3.63, 3.8) is 0 Å². The second-order valence-electron chi connectivity index (χ2n) is 9.74. The summed E-state index contributed by atoms with van der Waals surface area (Å²) in [7, 11) is 3.75. The van der Waals surface area contributed by atoms with Crippen LogP contribution in [0.1, 0.15) is 79.0 Å². The van der Waals surface area contributed by atoms with Gasteiger partial charge in [-0.1, -0.05) is 55.4 Å². The van der Waals surface area contributed by atoms with Gasteiger partial charge in [-0.15, -0.1) is 11.8 Å². The van der Waals surface area contributed by atoms with Crippen molar-refractivity contribution in [1.82, 2.24) is 5.32 Å². The van der Waals surface area contributed by atoms with Crippen molar-refractivity contribution < 1.29 is 9.53 Å². The Morgan fingerprint density at radius 3 is 2.00 bits per heavy atom. The number of ether oxygens (including phenoxy) is 1. The van der Waals surface area contributed by atoms with Gasteiger partial charge in [0.2, 0.25) is 0 Å². The first-order chi connectivity index (χ1) is 11.6. The first-order valence-electron chi connectivity index (χ1n) is 9.31. The molecule has 3 nitrogen and oxygen atoms in total. The molecule has 1 aliphatic rings. The summed E-state index contributed by atoms with van der Waals surface area (Å²) in [6.45, 7) is 19.2. The number of esters is 1. The number of carbonyl (C=O) groups excluding carboxylic acids is 1. The van der Waals surface area contributed by atoms with Crippen molar-refractivity contribution in [2.45, 2.75) is 89.2 Å². The summed E-state index contributed by atoms with van der Waals surface area (Å²) in [5.74, 6) is 0.542. The van der Waals surface area contributed by atoms with Crippen molar-refractivity contribution in [1.29, 1.82) is 0 Å². The van der Waals surface area contributed by atoms with Crippen LogP contribution in [0, 0.1) is 0 Å². The smallest absolute Gasteiger partial charge is 0.308 e. The summed E-state index contributed by atoms with van der Waals surface area (Å²) in [5, 5.41) is 2.75. The molecule has 0 fully saturated rings. The maximum absolute atomic E-state index is 11.8. The lowest BCUT2D eigenvalue weighted by atomic mass is 9.76. The van der Waals surface area contributed by atoms with Gasteiger partial charge in [0.1, 0.15) is 5.75 Å². The highest BCUT2D eigenvalue weighted by Crippen LogP contribution is 2.53. The van der Waals surface area contributed by atoms with Crippen LogP contribution in [0.5, 0.6) is 5.75 Å². The summed E-state index contributed by atoms with van der Waals surface area (Å²) < 4.78 is 5.96. The normalized spacial score (nSPS) is 15.8. The third-order valence-electron chi connectivity index (χ3n) is 4.14. The molecule has 1 heterocycles. The van der Waals surface area contributed by atoms with Crippen LogP contribution in [0.4, 0.5) is 0 Å². The van der Waals surface area contributed by atoms with Gasteiger partial charge < -0.3 is 10.1 Å². The van der Waals surface area contributed by atoms with E-state index in [0.717, 1.165) is 17.7 Å². The second-order valence-corrected chi connectivity index (χ2v) is 11.5. The number of nitrogens with one attached hydrogen (secondary N) is 1. The van der Waals surface area contributed by atoms with E-state index in [1.54, 1.807) is 0 Å². The molecule has 26 heavy (non-hydrogen) atoms.